The van der Waals surface area contributed by atoms with Crippen LogP contribution in [0.15, 0.2) is 47.1 Å². The van der Waals surface area contributed by atoms with Gasteiger partial charge in [-0.05, 0) is 31.2 Å². The number of carbonyl (C=O) groups is 1. The van der Waals surface area contributed by atoms with Crippen molar-refractivity contribution in [3.8, 4) is 11.3 Å². The second kappa shape index (κ2) is 7.89. The van der Waals surface area contributed by atoms with Gasteiger partial charge in [-0.3, -0.25) is 9.78 Å². The summed E-state index contributed by atoms with van der Waals surface area (Å²) in [5, 5.41) is 4.85. The van der Waals surface area contributed by atoms with Crippen molar-refractivity contribution < 1.29 is 9.32 Å². The molecule has 134 valence electrons. The van der Waals surface area contributed by atoms with Crippen LogP contribution < -0.4 is 0 Å². The van der Waals surface area contributed by atoms with E-state index in [-0.39, 0.29) is 5.91 Å². The molecule has 0 aliphatic rings. The summed E-state index contributed by atoms with van der Waals surface area (Å²) in [5.41, 5.74) is 2.13. The molecule has 0 fully saturated rings. The van der Waals surface area contributed by atoms with Gasteiger partial charge in [0, 0.05) is 37.5 Å². The van der Waals surface area contributed by atoms with Gasteiger partial charge in [-0.15, -0.1) is 0 Å². The molecule has 0 unspecified atom stereocenters. The number of carbonyl (C=O) groups excluding carboxylic acids is 1. The number of amides is 1. The van der Waals surface area contributed by atoms with E-state index >= 15 is 0 Å². The SMILES string of the molecule is Cc1onc(-c2c(Cl)cccc2Cl)c1C(=O)N(C)CCc1ccccn1. The Kier molecular flexibility index (Phi) is 5.59. The summed E-state index contributed by atoms with van der Waals surface area (Å²) < 4.78 is 5.27. The van der Waals surface area contributed by atoms with Gasteiger partial charge in [0.25, 0.3) is 5.91 Å². The van der Waals surface area contributed by atoms with Crippen molar-refractivity contribution in [2.75, 3.05) is 13.6 Å². The molecule has 2 heterocycles. The summed E-state index contributed by atoms with van der Waals surface area (Å²) in [6.07, 6.45) is 2.38. The van der Waals surface area contributed by atoms with E-state index in [0.29, 0.717) is 45.6 Å². The molecule has 7 heteroatoms. The molecule has 0 radical (unpaired) electrons. The second-order valence-electron chi connectivity index (χ2n) is 5.86. The fourth-order valence-corrected chi connectivity index (χ4v) is 3.22. The lowest BCUT2D eigenvalue weighted by Crippen LogP contribution is -2.29. The van der Waals surface area contributed by atoms with Crippen LogP contribution in [0.1, 0.15) is 21.8 Å². The van der Waals surface area contributed by atoms with Gasteiger partial charge in [0.05, 0.1) is 10.0 Å². The average molecular weight is 390 g/mol. The van der Waals surface area contributed by atoms with Gasteiger partial charge in [0.2, 0.25) is 0 Å². The van der Waals surface area contributed by atoms with E-state index in [2.05, 4.69) is 10.1 Å². The van der Waals surface area contributed by atoms with Crippen molar-refractivity contribution in [1.29, 1.82) is 0 Å². The number of aromatic nitrogens is 2. The highest BCUT2D eigenvalue weighted by molar-refractivity contribution is 6.39. The normalized spacial score (nSPS) is 10.8. The number of likely N-dealkylation sites (N-methyl/N-ethyl adjacent to an activating group) is 1. The molecule has 0 atom stereocenters. The number of pyridine rings is 1. The molecule has 0 aliphatic heterocycles. The maximum atomic E-state index is 13.0. The number of rotatable bonds is 5. The Morgan fingerprint density at radius 2 is 1.88 bits per heavy atom. The summed E-state index contributed by atoms with van der Waals surface area (Å²) >= 11 is 12.5. The van der Waals surface area contributed by atoms with Crippen LogP contribution in [0.4, 0.5) is 0 Å². The van der Waals surface area contributed by atoms with Crippen molar-refractivity contribution in [3.05, 3.63) is 69.7 Å². The van der Waals surface area contributed by atoms with E-state index in [1.165, 1.54) is 0 Å². The first-order chi connectivity index (χ1) is 12.5. The summed E-state index contributed by atoms with van der Waals surface area (Å²) in [5.74, 6) is 0.219. The molecular formula is C19H17Cl2N3O2. The predicted octanol–water partition coefficient (Wildman–Crippen LogP) is 4.67. The Labute approximate surface area is 161 Å². The van der Waals surface area contributed by atoms with E-state index in [0.717, 1.165) is 5.69 Å². The standard InChI is InChI=1S/C19H17Cl2N3O2/c1-12-16(18(23-26-12)17-14(20)7-5-8-15(17)21)19(25)24(2)11-9-13-6-3-4-10-22-13/h3-8,10H,9,11H2,1-2H3. The van der Waals surface area contributed by atoms with Gasteiger partial charge < -0.3 is 9.42 Å². The predicted molar refractivity (Wildman–Crippen MR) is 102 cm³/mol. The Bertz CT molecular complexity index is 906. The molecule has 0 saturated carbocycles. The summed E-state index contributed by atoms with van der Waals surface area (Å²) in [6.45, 7) is 2.21. The Morgan fingerprint density at radius 3 is 2.54 bits per heavy atom. The van der Waals surface area contributed by atoms with Crippen molar-refractivity contribution in [2.24, 2.45) is 0 Å². The Balaban J connectivity index is 1.87. The van der Waals surface area contributed by atoms with E-state index in [9.17, 15) is 4.79 Å². The van der Waals surface area contributed by atoms with Gasteiger partial charge in [-0.25, -0.2) is 0 Å². The first kappa shape index (κ1) is 18.4. The van der Waals surface area contributed by atoms with Crippen molar-refractivity contribution in [3.63, 3.8) is 0 Å². The number of aryl methyl sites for hydroxylation is 1. The van der Waals surface area contributed by atoms with Crippen LogP contribution in [0.2, 0.25) is 10.0 Å². The zero-order valence-corrected chi connectivity index (χ0v) is 15.9. The Hall–Kier alpha value is -2.37. The molecule has 5 nitrogen and oxygen atoms in total. The van der Waals surface area contributed by atoms with Gasteiger partial charge in [0.1, 0.15) is 17.0 Å². The van der Waals surface area contributed by atoms with Crippen molar-refractivity contribution >= 4 is 29.1 Å². The van der Waals surface area contributed by atoms with Gasteiger partial charge >= 0.3 is 0 Å². The smallest absolute Gasteiger partial charge is 0.259 e. The third-order valence-electron chi connectivity index (χ3n) is 4.05. The largest absolute Gasteiger partial charge is 0.360 e. The van der Waals surface area contributed by atoms with Crippen molar-refractivity contribution in [2.45, 2.75) is 13.3 Å². The molecule has 0 aliphatic carbocycles. The topological polar surface area (TPSA) is 59.2 Å². The lowest BCUT2D eigenvalue weighted by molar-refractivity contribution is 0.0795. The maximum Gasteiger partial charge on any atom is 0.259 e. The molecule has 0 N–H and O–H groups in total. The Morgan fingerprint density at radius 1 is 1.15 bits per heavy atom. The van der Waals surface area contributed by atoms with E-state index in [1.807, 2.05) is 18.2 Å². The number of hydrogen-bond donors (Lipinski definition) is 0. The zero-order valence-electron chi connectivity index (χ0n) is 14.4. The first-order valence-corrected chi connectivity index (χ1v) is 8.80. The third-order valence-corrected chi connectivity index (χ3v) is 4.68. The van der Waals surface area contributed by atoms with Crippen LogP contribution in [0.25, 0.3) is 11.3 Å². The minimum atomic E-state index is -0.203. The monoisotopic (exact) mass is 389 g/mol. The second-order valence-corrected chi connectivity index (χ2v) is 6.67. The number of nitrogens with zero attached hydrogens (tertiary/aromatic N) is 3. The van der Waals surface area contributed by atoms with E-state index in [1.54, 1.807) is 43.3 Å². The molecule has 0 bridgehead atoms. The maximum absolute atomic E-state index is 13.0. The molecule has 1 aromatic carbocycles. The van der Waals surface area contributed by atoms with Crippen LogP contribution in [-0.4, -0.2) is 34.5 Å². The third kappa shape index (κ3) is 3.74. The zero-order chi connectivity index (χ0) is 18.7. The molecule has 1 amide bonds. The minimum absolute atomic E-state index is 0.203. The van der Waals surface area contributed by atoms with Crippen molar-refractivity contribution in [1.82, 2.24) is 15.0 Å². The van der Waals surface area contributed by atoms with Crippen LogP contribution in [-0.2, 0) is 6.42 Å². The number of hydrogen-bond acceptors (Lipinski definition) is 4. The highest BCUT2D eigenvalue weighted by atomic mass is 35.5. The lowest BCUT2D eigenvalue weighted by Gasteiger charge is -2.17. The fraction of sp³-hybridized carbons (Fsp3) is 0.211. The molecular weight excluding hydrogens is 373 g/mol. The highest BCUT2D eigenvalue weighted by Crippen LogP contribution is 2.37. The molecule has 0 saturated heterocycles. The molecule has 2 aromatic heterocycles. The van der Waals surface area contributed by atoms with Crippen LogP contribution >= 0.6 is 23.2 Å². The van der Waals surface area contributed by atoms with Gasteiger partial charge in [0.15, 0.2) is 0 Å². The summed E-state index contributed by atoms with van der Waals surface area (Å²) in [7, 11) is 1.73. The lowest BCUT2D eigenvalue weighted by atomic mass is 10.0. The summed E-state index contributed by atoms with van der Waals surface area (Å²) in [4.78, 5) is 18.9. The number of halogens is 2. The fourth-order valence-electron chi connectivity index (χ4n) is 2.64. The molecule has 3 rings (SSSR count). The minimum Gasteiger partial charge on any atom is -0.360 e. The summed E-state index contributed by atoms with van der Waals surface area (Å²) in [6, 6.07) is 10.8. The molecule has 3 aromatic rings. The average Bonchev–Trinajstić information content (AvgIpc) is 3.01. The molecule has 26 heavy (non-hydrogen) atoms. The first-order valence-electron chi connectivity index (χ1n) is 8.05. The quantitative estimate of drug-likeness (QED) is 0.636. The van der Waals surface area contributed by atoms with Gasteiger partial charge in [-0.2, -0.15) is 0 Å². The van der Waals surface area contributed by atoms with E-state index in [4.69, 9.17) is 27.7 Å². The van der Waals surface area contributed by atoms with E-state index < -0.39 is 0 Å². The van der Waals surface area contributed by atoms with Crippen LogP contribution in [0.3, 0.4) is 0 Å². The molecule has 0 spiro atoms. The number of benzene rings is 1. The van der Waals surface area contributed by atoms with Crippen LogP contribution in [0.5, 0.6) is 0 Å². The van der Waals surface area contributed by atoms with Gasteiger partial charge in [-0.1, -0.05) is 40.5 Å². The highest BCUT2D eigenvalue weighted by Gasteiger charge is 2.26. The van der Waals surface area contributed by atoms with Crippen LogP contribution in [0, 0.1) is 6.92 Å².